The summed E-state index contributed by atoms with van der Waals surface area (Å²) in [7, 11) is 0. The second-order valence-electron chi connectivity index (χ2n) is 18.2. The summed E-state index contributed by atoms with van der Waals surface area (Å²) in [6.45, 7) is 0. The second-order valence-corrected chi connectivity index (χ2v) is 19.2. The molecule has 0 radical (unpaired) electrons. The number of benzene rings is 10. The number of thiophene rings is 1. The highest BCUT2D eigenvalue weighted by Gasteiger charge is 2.52. The summed E-state index contributed by atoms with van der Waals surface area (Å²) in [4.78, 5) is 15.9. The zero-order valence-electron chi connectivity index (χ0n) is 37.0. The van der Waals surface area contributed by atoms with Crippen LogP contribution >= 0.6 is 11.3 Å². The molecule has 0 N–H and O–H groups in total. The van der Waals surface area contributed by atoms with Gasteiger partial charge in [-0.1, -0.05) is 182 Å². The molecule has 13 aromatic rings. The minimum absolute atomic E-state index is 0.483. The van der Waals surface area contributed by atoms with Gasteiger partial charge in [0.25, 0.3) is 0 Å². The molecule has 4 nitrogen and oxygen atoms in total. The Bertz CT molecular complexity index is 4200. The normalized spacial score (nSPS) is 13.0. The third-order valence-electron chi connectivity index (χ3n) is 14.6. The fourth-order valence-corrected chi connectivity index (χ4v) is 12.7. The largest absolute Gasteiger partial charge is 0.456 e. The lowest BCUT2D eigenvalue weighted by Gasteiger charge is -2.32. The summed E-state index contributed by atoms with van der Waals surface area (Å²) in [5, 5.41) is 4.41. The van der Waals surface area contributed by atoms with Gasteiger partial charge in [0, 0.05) is 47.6 Å². The second kappa shape index (κ2) is 14.6. The van der Waals surface area contributed by atoms with Crippen molar-refractivity contribution in [3.8, 4) is 78.7 Å². The third-order valence-corrected chi connectivity index (χ3v) is 15.7. The molecule has 0 bridgehead atoms. The molecule has 2 aliphatic rings. The molecule has 10 aromatic carbocycles. The number of hydrogen-bond acceptors (Lipinski definition) is 5. The van der Waals surface area contributed by atoms with Crippen LogP contribution in [0.4, 0.5) is 0 Å². The van der Waals surface area contributed by atoms with Crippen LogP contribution in [0, 0.1) is 0 Å². The smallest absolute Gasteiger partial charge is 0.164 e. The molecule has 0 unspecified atom stereocenters. The molecule has 0 saturated heterocycles. The van der Waals surface area contributed by atoms with Gasteiger partial charge in [-0.25, -0.2) is 15.0 Å². The van der Waals surface area contributed by atoms with Crippen molar-refractivity contribution in [2.45, 2.75) is 5.41 Å². The molecule has 0 fully saturated rings. The summed E-state index contributed by atoms with van der Waals surface area (Å²) in [6.07, 6.45) is 0. The van der Waals surface area contributed by atoms with E-state index in [-0.39, 0.29) is 0 Å². The zero-order chi connectivity index (χ0) is 45.2. The van der Waals surface area contributed by atoms with E-state index in [1.165, 1.54) is 70.2 Å². The molecule has 0 saturated carbocycles. The molecule has 3 heterocycles. The molecule has 0 atom stereocenters. The molecule has 69 heavy (non-hydrogen) atoms. The number of hydrogen-bond donors (Lipinski definition) is 0. The van der Waals surface area contributed by atoms with Gasteiger partial charge >= 0.3 is 0 Å². The van der Waals surface area contributed by atoms with Crippen molar-refractivity contribution in [2.24, 2.45) is 0 Å². The third kappa shape index (κ3) is 5.53. The van der Waals surface area contributed by atoms with Crippen molar-refractivity contribution in [2.75, 3.05) is 0 Å². The summed E-state index contributed by atoms with van der Waals surface area (Å²) < 4.78 is 9.22. The first-order valence-corrected chi connectivity index (χ1v) is 24.2. The Morgan fingerprint density at radius 3 is 1.61 bits per heavy atom. The van der Waals surface area contributed by atoms with Gasteiger partial charge in [0.15, 0.2) is 17.5 Å². The van der Waals surface area contributed by atoms with Gasteiger partial charge in [-0.05, 0) is 109 Å². The van der Waals surface area contributed by atoms with Crippen molar-refractivity contribution in [3.63, 3.8) is 0 Å². The number of furan rings is 1. The Morgan fingerprint density at radius 1 is 0.319 bits per heavy atom. The lowest BCUT2D eigenvalue weighted by atomic mass is 9.68. The van der Waals surface area contributed by atoms with Crippen LogP contribution in [-0.4, -0.2) is 15.0 Å². The Morgan fingerprint density at radius 2 is 0.841 bits per heavy atom. The molecular weight excluding hydrogens is 859 g/mol. The number of fused-ring (bicyclic) bond motifs is 16. The van der Waals surface area contributed by atoms with Crippen molar-refractivity contribution >= 4 is 53.4 Å². The van der Waals surface area contributed by atoms with Gasteiger partial charge in [0.2, 0.25) is 0 Å². The molecule has 2 aliphatic carbocycles. The molecule has 1 spiro atoms. The van der Waals surface area contributed by atoms with E-state index in [1.54, 1.807) is 0 Å². The topological polar surface area (TPSA) is 51.8 Å². The van der Waals surface area contributed by atoms with Gasteiger partial charge < -0.3 is 4.42 Å². The first kappa shape index (κ1) is 38.3. The molecule has 0 amide bonds. The lowest BCUT2D eigenvalue weighted by molar-refractivity contribution is 0.669. The summed E-state index contributed by atoms with van der Waals surface area (Å²) in [5.74, 6) is 1.81. The predicted molar refractivity (Wildman–Crippen MR) is 283 cm³/mol. The van der Waals surface area contributed by atoms with E-state index in [9.17, 15) is 0 Å². The summed E-state index contributed by atoms with van der Waals surface area (Å²) in [5.41, 5.74) is 18.9. The first-order valence-electron chi connectivity index (χ1n) is 23.4. The highest BCUT2D eigenvalue weighted by atomic mass is 32.1. The van der Waals surface area contributed by atoms with Crippen molar-refractivity contribution in [1.29, 1.82) is 0 Å². The number of aromatic nitrogens is 3. The Hall–Kier alpha value is -8.77. The summed E-state index contributed by atoms with van der Waals surface area (Å²) >= 11 is 1.81. The lowest BCUT2D eigenvalue weighted by Crippen LogP contribution is -2.26. The fraction of sp³-hybridized carbons (Fsp3) is 0.0156. The summed E-state index contributed by atoms with van der Waals surface area (Å²) in [6, 6.07) is 80.9. The van der Waals surface area contributed by atoms with Crippen LogP contribution in [0.25, 0.3) is 121 Å². The predicted octanol–water partition coefficient (Wildman–Crippen LogP) is 16.8. The minimum Gasteiger partial charge on any atom is -0.456 e. The van der Waals surface area contributed by atoms with E-state index in [2.05, 4.69) is 212 Å². The fourth-order valence-electron chi connectivity index (χ4n) is 11.6. The Labute approximate surface area is 401 Å². The van der Waals surface area contributed by atoms with Crippen molar-refractivity contribution in [3.05, 3.63) is 247 Å². The average Bonchev–Trinajstić information content (AvgIpc) is 4.16. The highest BCUT2D eigenvalue weighted by Crippen LogP contribution is 2.64. The van der Waals surface area contributed by atoms with E-state index in [0.717, 1.165) is 55.3 Å². The molecule has 0 aliphatic heterocycles. The molecule has 15 rings (SSSR count). The number of nitrogens with zero attached hydrogens (tertiary/aromatic N) is 3. The van der Waals surface area contributed by atoms with Gasteiger partial charge in [0.1, 0.15) is 11.2 Å². The minimum atomic E-state index is -0.483. The number of rotatable bonds is 5. The van der Waals surface area contributed by atoms with Crippen LogP contribution < -0.4 is 0 Å². The van der Waals surface area contributed by atoms with Crippen molar-refractivity contribution < 1.29 is 4.42 Å². The SMILES string of the molecule is c1ccc(-c2ccc(-c3nc(-c4ccc5sc6ccccc6c5c4)nc(-c4cccc5oc6ccc(-c7cccc8c7C7(c9ccccc9-c9ccccc97)c7ccccc7-8)cc6c45)n3)cc2)cc1. The maximum atomic E-state index is 6.73. The zero-order valence-corrected chi connectivity index (χ0v) is 37.8. The molecule has 5 heteroatoms. The highest BCUT2D eigenvalue weighted by molar-refractivity contribution is 7.25. The quantitative estimate of drug-likeness (QED) is 0.173. The Kier molecular flexibility index (Phi) is 8.12. The van der Waals surface area contributed by atoms with Crippen LogP contribution in [0.2, 0.25) is 0 Å². The van der Waals surface area contributed by atoms with Crippen LogP contribution in [-0.2, 0) is 5.41 Å². The van der Waals surface area contributed by atoms with E-state index in [1.807, 2.05) is 23.5 Å². The van der Waals surface area contributed by atoms with Crippen LogP contribution in [0.15, 0.2) is 229 Å². The standard InChI is InChI=1S/C64H37N3OS/c1-2-14-38(15-3-1)39-28-30-40(31-29-39)61-65-62(42-33-35-58-50(37-42)47-19-7-11-27-57(47)69-58)67-63(66-61)49-22-13-26-56-59(49)51-36-41(32-34-55(51)68-56)43-20-12-21-48-46-18-6-10-25-54(46)64(60(43)48)52-23-8-4-16-44(52)45-17-5-9-24-53(45)64/h1-37H. The van der Waals surface area contributed by atoms with Crippen LogP contribution in [0.1, 0.15) is 22.3 Å². The van der Waals surface area contributed by atoms with Crippen LogP contribution in [0.3, 0.4) is 0 Å². The van der Waals surface area contributed by atoms with Gasteiger partial charge in [-0.15, -0.1) is 11.3 Å². The van der Waals surface area contributed by atoms with E-state index < -0.39 is 5.41 Å². The maximum absolute atomic E-state index is 6.73. The monoisotopic (exact) mass is 895 g/mol. The molecular formula is C64H37N3OS. The average molecular weight is 896 g/mol. The van der Waals surface area contributed by atoms with E-state index in [0.29, 0.717) is 17.5 Å². The maximum Gasteiger partial charge on any atom is 0.164 e. The van der Waals surface area contributed by atoms with Crippen molar-refractivity contribution in [1.82, 2.24) is 15.0 Å². The Balaban J connectivity index is 0.941. The van der Waals surface area contributed by atoms with Gasteiger partial charge in [-0.3, -0.25) is 0 Å². The van der Waals surface area contributed by atoms with E-state index in [4.69, 9.17) is 19.4 Å². The first-order chi connectivity index (χ1) is 34.2. The van der Waals surface area contributed by atoms with E-state index >= 15 is 0 Å². The van der Waals surface area contributed by atoms with Crippen LogP contribution in [0.5, 0.6) is 0 Å². The molecule has 3 aromatic heterocycles. The van der Waals surface area contributed by atoms with Gasteiger partial charge in [-0.2, -0.15) is 0 Å². The molecule has 320 valence electrons. The van der Waals surface area contributed by atoms with Gasteiger partial charge in [0.05, 0.1) is 5.41 Å².